The van der Waals surface area contributed by atoms with E-state index in [-0.39, 0.29) is 0 Å². The molecule has 0 aliphatic carbocycles. The average Bonchev–Trinajstić information content (AvgIpc) is 2.90. The monoisotopic (exact) mass is 281 g/mol. The van der Waals surface area contributed by atoms with Crippen molar-refractivity contribution < 1.29 is 4.74 Å². The van der Waals surface area contributed by atoms with Gasteiger partial charge in [0.05, 0.1) is 19.3 Å². The summed E-state index contributed by atoms with van der Waals surface area (Å²) in [5, 5.41) is 1.16. The summed E-state index contributed by atoms with van der Waals surface area (Å²) in [7, 11) is 1.68. The number of rotatable bonds is 3. The number of nitrogens with two attached hydrogens (primary N) is 1. The second-order valence-electron chi connectivity index (χ2n) is 5.29. The van der Waals surface area contributed by atoms with E-state index in [2.05, 4.69) is 27.9 Å². The molecule has 0 saturated carbocycles. The van der Waals surface area contributed by atoms with Crippen LogP contribution in [0.3, 0.4) is 0 Å². The van der Waals surface area contributed by atoms with Gasteiger partial charge >= 0.3 is 0 Å². The van der Waals surface area contributed by atoms with E-state index in [1.165, 1.54) is 0 Å². The van der Waals surface area contributed by atoms with E-state index in [4.69, 9.17) is 10.5 Å². The van der Waals surface area contributed by atoms with Crippen molar-refractivity contribution in [2.24, 2.45) is 0 Å². The minimum Gasteiger partial charge on any atom is -0.497 e. The van der Waals surface area contributed by atoms with Gasteiger partial charge in [0.15, 0.2) is 0 Å². The van der Waals surface area contributed by atoms with Crippen LogP contribution in [0.4, 0.5) is 5.69 Å². The normalized spacial score (nSPS) is 11.0. The van der Waals surface area contributed by atoms with Crippen LogP contribution in [0.5, 0.6) is 5.75 Å². The molecule has 2 N–H and O–H groups in total. The lowest BCUT2D eigenvalue weighted by molar-refractivity contribution is 0.415. The maximum absolute atomic E-state index is 6.10. The van der Waals surface area contributed by atoms with Crippen LogP contribution in [0.15, 0.2) is 36.7 Å². The fourth-order valence-electron chi connectivity index (χ4n) is 2.56. The van der Waals surface area contributed by atoms with E-state index in [9.17, 15) is 0 Å². The van der Waals surface area contributed by atoms with Crippen LogP contribution < -0.4 is 10.5 Å². The summed E-state index contributed by atoms with van der Waals surface area (Å²) in [5.74, 6) is 0.870. The Balaban J connectivity index is 2.01. The molecule has 0 saturated heterocycles. The summed E-state index contributed by atoms with van der Waals surface area (Å²) >= 11 is 0. The van der Waals surface area contributed by atoms with Gasteiger partial charge in [-0.15, -0.1) is 0 Å². The van der Waals surface area contributed by atoms with E-state index in [0.717, 1.165) is 39.2 Å². The predicted octanol–water partition coefficient (Wildman–Crippen LogP) is 3.29. The van der Waals surface area contributed by atoms with E-state index < -0.39 is 0 Å². The van der Waals surface area contributed by atoms with Crippen molar-refractivity contribution in [1.29, 1.82) is 0 Å². The molecule has 108 valence electrons. The summed E-state index contributed by atoms with van der Waals surface area (Å²) in [6.45, 7) is 4.72. The lowest BCUT2D eigenvalue weighted by Gasteiger charge is -2.11. The SMILES string of the molecule is COc1ccc2c(ccn2Cc2ncc(C)c(N)c2C)c1. The summed E-state index contributed by atoms with van der Waals surface area (Å²) in [6, 6.07) is 8.17. The van der Waals surface area contributed by atoms with Crippen LogP contribution >= 0.6 is 0 Å². The first-order chi connectivity index (χ1) is 10.1. The van der Waals surface area contributed by atoms with Gasteiger partial charge in [0.25, 0.3) is 0 Å². The molecule has 0 atom stereocenters. The van der Waals surface area contributed by atoms with E-state index in [1.807, 2.05) is 32.2 Å². The van der Waals surface area contributed by atoms with Gasteiger partial charge in [0, 0.05) is 29.0 Å². The van der Waals surface area contributed by atoms with Gasteiger partial charge in [-0.05, 0) is 49.2 Å². The molecule has 0 amide bonds. The molecule has 2 heterocycles. The number of aryl methyl sites for hydroxylation is 1. The third-order valence-corrected chi connectivity index (χ3v) is 3.97. The van der Waals surface area contributed by atoms with Crippen LogP contribution in [0.25, 0.3) is 10.9 Å². The van der Waals surface area contributed by atoms with Crippen molar-refractivity contribution in [2.75, 3.05) is 12.8 Å². The molecule has 0 unspecified atom stereocenters. The molecule has 21 heavy (non-hydrogen) atoms. The molecule has 0 bridgehead atoms. The number of hydrogen-bond acceptors (Lipinski definition) is 3. The fourth-order valence-corrected chi connectivity index (χ4v) is 2.56. The number of nitrogen functional groups attached to an aromatic ring is 1. The van der Waals surface area contributed by atoms with Crippen LogP contribution in [0, 0.1) is 13.8 Å². The Morgan fingerprint density at radius 2 is 2.05 bits per heavy atom. The average molecular weight is 281 g/mol. The van der Waals surface area contributed by atoms with E-state index in [1.54, 1.807) is 7.11 Å². The molecular formula is C17H19N3O. The molecule has 0 fully saturated rings. The van der Waals surface area contributed by atoms with Crippen LogP contribution in [0.1, 0.15) is 16.8 Å². The van der Waals surface area contributed by atoms with Gasteiger partial charge in [-0.2, -0.15) is 0 Å². The van der Waals surface area contributed by atoms with Crippen molar-refractivity contribution in [1.82, 2.24) is 9.55 Å². The lowest BCUT2D eigenvalue weighted by Crippen LogP contribution is -2.06. The highest BCUT2D eigenvalue weighted by Gasteiger charge is 2.09. The first-order valence-electron chi connectivity index (χ1n) is 6.93. The number of benzene rings is 1. The zero-order valence-corrected chi connectivity index (χ0v) is 12.6. The van der Waals surface area contributed by atoms with Gasteiger partial charge in [-0.25, -0.2) is 0 Å². The summed E-state index contributed by atoms with van der Waals surface area (Å²) in [5.41, 5.74) is 11.2. The van der Waals surface area contributed by atoms with Crippen molar-refractivity contribution in [3.05, 3.63) is 53.5 Å². The van der Waals surface area contributed by atoms with Crippen LogP contribution in [0.2, 0.25) is 0 Å². The predicted molar refractivity (Wildman–Crippen MR) is 85.7 cm³/mol. The number of ether oxygens (including phenoxy) is 1. The Morgan fingerprint density at radius 1 is 1.24 bits per heavy atom. The third kappa shape index (κ3) is 2.33. The third-order valence-electron chi connectivity index (χ3n) is 3.97. The quantitative estimate of drug-likeness (QED) is 0.801. The zero-order chi connectivity index (χ0) is 15.0. The standard InChI is InChI=1S/C17H19N3O/c1-11-9-19-15(12(2)17(11)18)10-20-7-6-13-8-14(21-3)4-5-16(13)20/h4-9H,10H2,1-3H3,(H2,18,19). The summed E-state index contributed by atoms with van der Waals surface area (Å²) in [6.07, 6.45) is 3.91. The molecule has 3 rings (SSSR count). The molecule has 2 aromatic heterocycles. The highest BCUT2D eigenvalue weighted by molar-refractivity contribution is 5.81. The maximum Gasteiger partial charge on any atom is 0.119 e. The Kier molecular flexibility index (Phi) is 3.29. The van der Waals surface area contributed by atoms with Gasteiger partial charge in [-0.3, -0.25) is 4.98 Å². The fraction of sp³-hybridized carbons (Fsp3) is 0.235. The number of hydrogen-bond donors (Lipinski definition) is 1. The van der Waals surface area contributed by atoms with Crippen LogP contribution in [-0.4, -0.2) is 16.7 Å². The number of aromatic nitrogens is 2. The Bertz CT molecular complexity index is 805. The first kappa shape index (κ1) is 13.5. The highest BCUT2D eigenvalue weighted by atomic mass is 16.5. The smallest absolute Gasteiger partial charge is 0.119 e. The van der Waals surface area contributed by atoms with E-state index in [0.29, 0.717) is 6.54 Å². The van der Waals surface area contributed by atoms with Gasteiger partial charge in [0.1, 0.15) is 5.75 Å². The number of fused-ring (bicyclic) bond motifs is 1. The second kappa shape index (κ2) is 5.13. The summed E-state index contributed by atoms with van der Waals surface area (Å²) < 4.78 is 7.44. The van der Waals surface area contributed by atoms with Gasteiger partial charge in [-0.1, -0.05) is 0 Å². The van der Waals surface area contributed by atoms with Crippen molar-refractivity contribution in [3.63, 3.8) is 0 Å². The first-order valence-corrected chi connectivity index (χ1v) is 6.93. The molecule has 0 spiro atoms. The molecule has 1 aromatic carbocycles. The number of pyridine rings is 1. The lowest BCUT2D eigenvalue weighted by atomic mass is 10.1. The van der Waals surface area contributed by atoms with E-state index >= 15 is 0 Å². The molecule has 4 nitrogen and oxygen atoms in total. The highest BCUT2D eigenvalue weighted by Crippen LogP contribution is 2.24. The van der Waals surface area contributed by atoms with Crippen molar-refractivity contribution in [2.45, 2.75) is 20.4 Å². The Hall–Kier alpha value is -2.49. The maximum atomic E-state index is 6.10. The molecular weight excluding hydrogens is 262 g/mol. The zero-order valence-electron chi connectivity index (χ0n) is 12.6. The molecule has 0 aliphatic rings. The van der Waals surface area contributed by atoms with Crippen molar-refractivity contribution in [3.8, 4) is 5.75 Å². The summed E-state index contributed by atoms with van der Waals surface area (Å²) in [4.78, 5) is 4.53. The molecule has 0 aliphatic heterocycles. The molecule has 0 radical (unpaired) electrons. The topological polar surface area (TPSA) is 53.1 Å². The number of methoxy groups -OCH3 is 1. The van der Waals surface area contributed by atoms with Crippen molar-refractivity contribution >= 4 is 16.6 Å². The minimum atomic E-state index is 0.714. The number of nitrogens with zero attached hydrogens (tertiary/aromatic N) is 2. The largest absolute Gasteiger partial charge is 0.497 e. The van der Waals surface area contributed by atoms with Gasteiger partial charge < -0.3 is 15.0 Å². The minimum absolute atomic E-state index is 0.714. The van der Waals surface area contributed by atoms with Gasteiger partial charge in [0.2, 0.25) is 0 Å². The van der Waals surface area contributed by atoms with Crippen LogP contribution in [-0.2, 0) is 6.54 Å². The Morgan fingerprint density at radius 3 is 2.81 bits per heavy atom. The molecule has 3 aromatic rings. The second-order valence-corrected chi connectivity index (χ2v) is 5.29. The Labute approximate surface area is 124 Å². The molecule has 4 heteroatoms. The number of anilines is 1.